The molecule has 0 aliphatic heterocycles. The van der Waals surface area contributed by atoms with Crippen LogP contribution in [0.3, 0.4) is 0 Å². The third kappa shape index (κ3) is 4.50. The molecule has 1 atom stereocenters. The predicted octanol–water partition coefficient (Wildman–Crippen LogP) is 3.99. The number of tetrazole rings is 1. The zero-order valence-corrected chi connectivity index (χ0v) is 15.4. The van der Waals surface area contributed by atoms with Crippen LogP contribution in [0.1, 0.15) is 10.8 Å². The summed E-state index contributed by atoms with van der Waals surface area (Å²) < 4.78 is 1.52. The highest BCUT2D eigenvalue weighted by Crippen LogP contribution is 2.35. The van der Waals surface area contributed by atoms with Crippen LogP contribution in [-0.2, 0) is 11.8 Å². The molecule has 1 aromatic heterocycles. The second-order valence-electron chi connectivity index (χ2n) is 5.14. The van der Waals surface area contributed by atoms with Gasteiger partial charge in [0.1, 0.15) is 5.25 Å². The van der Waals surface area contributed by atoms with Crippen LogP contribution < -0.4 is 5.32 Å². The summed E-state index contributed by atoms with van der Waals surface area (Å²) in [6, 6.07) is 14.3. The third-order valence-corrected chi connectivity index (χ3v) is 4.99. The van der Waals surface area contributed by atoms with E-state index in [9.17, 15) is 4.79 Å². The van der Waals surface area contributed by atoms with Gasteiger partial charge in [0.05, 0.1) is 0 Å². The standard InChI is InChI=1S/C16H13Cl2N5OS/c1-23-16(20-21-22-23)25-14(10-5-3-2-4-6-10)15(24)19-13-8-11(17)7-12(18)9-13/h2-9,14H,1H3,(H,19,24)/t14-/m0/s1. The lowest BCUT2D eigenvalue weighted by molar-refractivity contribution is -0.115. The minimum atomic E-state index is -0.538. The number of amides is 1. The predicted molar refractivity (Wildman–Crippen MR) is 98.9 cm³/mol. The van der Waals surface area contributed by atoms with Gasteiger partial charge in [-0.15, -0.1) is 5.10 Å². The lowest BCUT2D eigenvalue weighted by Gasteiger charge is -2.16. The number of halogens is 2. The number of nitrogens with one attached hydrogen (secondary N) is 1. The molecule has 0 unspecified atom stereocenters. The van der Waals surface area contributed by atoms with Crippen LogP contribution in [0.2, 0.25) is 10.0 Å². The summed E-state index contributed by atoms with van der Waals surface area (Å²) in [6.07, 6.45) is 0. The van der Waals surface area contributed by atoms with Gasteiger partial charge in [-0.25, -0.2) is 4.68 Å². The Morgan fingerprint density at radius 2 is 1.84 bits per heavy atom. The molecule has 0 saturated carbocycles. The molecule has 1 heterocycles. The number of carbonyl (C=O) groups is 1. The fraction of sp³-hybridized carbons (Fsp3) is 0.125. The summed E-state index contributed by atoms with van der Waals surface area (Å²) in [6.45, 7) is 0. The molecule has 9 heteroatoms. The van der Waals surface area contributed by atoms with Crippen LogP contribution in [0.5, 0.6) is 0 Å². The first-order valence-electron chi connectivity index (χ1n) is 7.24. The SMILES string of the molecule is Cn1nnnc1S[C@H](C(=O)Nc1cc(Cl)cc(Cl)c1)c1ccccc1. The number of hydrogen-bond donors (Lipinski definition) is 1. The lowest BCUT2D eigenvalue weighted by Crippen LogP contribution is -2.19. The van der Waals surface area contributed by atoms with Crippen molar-refractivity contribution in [1.29, 1.82) is 0 Å². The van der Waals surface area contributed by atoms with Gasteiger partial charge in [0.15, 0.2) is 0 Å². The van der Waals surface area contributed by atoms with Gasteiger partial charge in [0.25, 0.3) is 0 Å². The fourth-order valence-corrected chi connectivity index (χ4v) is 3.63. The Labute approximate surface area is 158 Å². The minimum absolute atomic E-state index is 0.225. The van der Waals surface area contributed by atoms with Crippen LogP contribution in [0.25, 0.3) is 0 Å². The molecule has 1 amide bonds. The molecule has 0 radical (unpaired) electrons. The highest BCUT2D eigenvalue weighted by molar-refractivity contribution is 8.00. The van der Waals surface area contributed by atoms with Crippen molar-refractivity contribution in [3.63, 3.8) is 0 Å². The number of anilines is 1. The number of aromatic nitrogens is 4. The third-order valence-electron chi connectivity index (χ3n) is 3.28. The van der Waals surface area contributed by atoms with Crippen molar-refractivity contribution in [3.05, 3.63) is 64.1 Å². The molecular weight excluding hydrogens is 381 g/mol. The largest absolute Gasteiger partial charge is 0.325 e. The Morgan fingerprint density at radius 1 is 1.16 bits per heavy atom. The number of thioether (sulfide) groups is 1. The molecule has 0 bridgehead atoms. The summed E-state index contributed by atoms with van der Waals surface area (Å²) in [7, 11) is 1.72. The highest BCUT2D eigenvalue weighted by Gasteiger charge is 2.24. The van der Waals surface area contributed by atoms with E-state index in [2.05, 4.69) is 20.8 Å². The van der Waals surface area contributed by atoms with Crippen LogP contribution in [0.4, 0.5) is 5.69 Å². The Kier molecular flexibility index (Phi) is 5.57. The van der Waals surface area contributed by atoms with Crippen molar-refractivity contribution in [2.45, 2.75) is 10.4 Å². The van der Waals surface area contributed by atoms with E-state index in [1.54, 1.807) is 25.2 Å². The average Bonchev–Trinajstić information content (AvgIpc) is 2.97. The van der Waals surface area contributed by atoms with Crippen molar-refractivity contribution in [2.75, 3.05) is 5.32 Å². The van der Waals surface area contributed by atoms with Gasteiger partial charge >= 0.3 is 0 Å². The summed E-state index contributed by atoms with van der Waals surface area (Å²) in [5, 5.41) is 15.1. The average molecular weight is 394 g/mol. The molecule has 0 saturated heterocycles. The smallest absolute Gasteiger partial charge is 0.242 e. The van der Waals surface area contributed by atoms with Gasteiger partial charge in [0, 0.05) is 22.8 Å². The van der Waals surface area contributed by atoms with Gasteiger partial charge < -0.3 is 5.32 Å². The number of rotatable bonds is 5. The number of nitrogens with zero attached hydrogens (tertiary/aromatic N) is 4. The lowest BCUT2D eigenvalue weighted by atomic mass is 10.1. The van der Waals surface area contributed by atoms with Crippen LogP contribution in [0.15, 0.2) is 53.7 Å². The van der Waals surface area contributed by atoms with Crippen LogP contribution in [-0.4, -0.2) is 26.1 Å². The Balaban J connectivity index is 1.88. The fourth-order valence-electron chi connectivity index (χ4n) is 2.16. The molecule has 1 N–H and O–H groups in total. The van der Waals surface area contributed by atoms with Gasteiger partial charge in [-0.2, -0.15) is 0 Å². The Hall–Kier alpha value is -2.09. The number of carbonyl (C=O) groups excluding carboxylic acids is 1. The number of hydrogen-bond acceptors (Lipinski definition) is 5. The van der Waals surface area contributed by atoms with E-state index < -0.39 is 5.25 Å². The molecule has 3 aromatic rings. The summed E-state index contributed by atoms with van der Waals surface area (Å²) in [4.78, 5) is 12.9. The van der Waals surface area contributed by atoms with Crippen LogP contribution in [0, 0.1) is 0 Å². The zero-order valence-electron chi connectivity index (χ0n) is 13.1. The molecule has 2 aromatic carbocycles. The molecule has 0 spiro atoms. The second-order valence-corrected chi connectivity index (χ2v) is 7.09. The highest BCUT2D eigenvalue weighted by atomic mass is 35.5. The first-order chi connectivity index (χ1) is 12.0. The first kappa shape index (κ1) is 17.7. The van der Waals surface area contributed by atoms with E-state index in [-0.39, 0.29) is 5.91 Å². The summed E-state index contributed by atoms with van der Waals surface area (Å²) in [5.74, 6) is -0.225. The molecular formula is C16H13Cl2N5OS. The molecule has 0 aliphatic rings. The topological polar surface area (TPSA) is 72.7 Å². The molecule has 3 rings (SSSR count). The van der Waals surface area contributed by atoms with E-state index >= 15 is 0 Å². The van der Waals surface area contributed by atoms with E-state index in [1.165, 1.54) is 16.4 Å². The number of aryl methyl sites for hydroxylation is 1. The molecule has 25 heavy (non-hydrogen) atoms. The van der Waals surface area contributed by atoms with Gasteiger partial charge in [0.2, 0.25) is 11.1 Å². The van der Waals surface area contributed by atoms with Crippen LogP contribution >= 0.6 is 35.0 Å². The molecule has 0 aliphatic carbocycles. The van der Waals surface area contributed by atoms with Crippen molar-refractivity contribution >= 4 is 46.6 Å². The maximum absolute atomic E-state index is 12.9. The van der Waals surface area contributed by atoms with E-state index in [4.69, 9.17) is 23.2 Å². The van der Waals surface area contributed by atoms with Crippen molar-refractivity contribution in [1.82, 2.24) is 20.2 Å². The van der Waals surface area contributed by atoms with Gasteiger partial charge in [-0.3, -0.25) is 4.79 Å². The second kappa shape index (κ2) is 7.86. The van der Waals surface area contributed by atoms with E-state index in [0.29, 0.717) is 20.9 Å². The van der Waals surface area contributed by atoms with Crippen molar-refractivity contribution in [2.24, 2.45) is 7.05 Å². The Bertz CT molecular complexity index is 867. The minimum Gasteiger partial charge on any atom is -0.325 e. The van der Waals surface area contributed by atoms with Crippen molar-refractivity contribution in [3.8, 4) is 0 Å². The first-order valence-corrected chi connectivity index (χ1v) is 8.87. The monoisotopic (exact) mass is 393 g/mol. The summed E-state index contributed by atoms with van der Waals surface area (Å²) in [5.41, 5.74) is 1.36. The molecule has 6 nitrogen and oxygen atoms in total. The van der Waals surface area contributed by atoms with Gasteiger partial charge in [-0.05, 0) is 34.2 Å². The normalized spacial score (nSPS) is 12.0. The maximum Gasteiger partial charge on any atom is 0.242 e. The molecule has 0 fully saturated rings. The zero-order chi connectivity index (χ0) is 17.8. The van der Waals surface area contributed by atoms with Gasteiger partial charge in [-0.1, -0.05) is 65.3 Å². The maximum atomic E-state index is 12.9. The molecule has 128 valence electrons. The van der Waals surface area contributed by atoms with E-state index in [0.717, 1.165) is 5.56 Å². The quantitative estimate of drug-likeness (QED) is 0.663. The summed E-state index contributed by atoms with van der Waals surface area (Å²) >= 11 is 13.3. The van der Waals surface area contributed by atoms with E-state index in [1.807, 2.05) is 30.3 Å². The Morgan fingerprint density at radius 3 is 2.44 bits per heavy atom. The van der Waals surface area contributed by atoms with Crippen molar-refractivity contribution < 1.29 is 4.79 Å². The number of benzene rings is 2.